The number of hydrogen-bond donors (Lipinski definition) is 0. The molecule has 0 amide bonds. The number of hydrogen-bond acceptors (Lipinski definition) is 0. The Hall–Kier alpha value is 2.88. The summed E-state index contributed by atoms with van der Waals surface area (Å²) in [5.41, 5.74) is 0. The van der Waals surface area contributed by atoms with Gasteiger partial charge in [0.05, 0.1) is 0 Å². The molecule has 0 radical (unpaired) electrons. The third kappa shape index (κ3) is 6.76. The second kappa shape index (κ2) is 9.81. The van der Waals surface area contributed by atoms with Gasteiger partial charge in [-0.25, -0.2) is 0 Å². The summed E-state index contributed by atoms with van der Waals surface area (Å²) in [6.07, 6.45) is 7.24. The molecular weight excluding hydrogens is 624 g/mol. The Morgan fingerprint density at radius 3 is 0.556 bits per heavy atom. The minimum Gasteiger partial charge on any atom is -0.0879 e. The number of rotatable bonds is 0. The molecule has 1 aliphatic rings. The Labute approximate surface area is 161 Å². The first kappa shape index (κ1) is 18.9. The lowest BCUT2D eigenvalue weighted by Crippen LogP contribution is -2.25. The highest BCUT2D eigenvalue weighted by Crippen LogP contribution is 2.34. The molecular formula is C12H18Br6. The molecule has 6 atom stereocenters. The van der Waals surface area contributed by atoms with Crippen LogP contribution in [-0.2, 0) is 0 Å². The van der Waals surface area contributed by atoms with E-state index < -0.39 is 0 Å². The lowest BCUT2D eigenvalue weighted by atomic mass is 10.0. The second-order valence-electron chi connectivity index (χ2n) is 4.83. The molecule has 0 N–H and O–H groups in total. The summed E-state index contributed by atoms with van der Waals surface area (Å²) in [6.45, 7) is 0. The number of alkyl halides is 6. The lowest BCUT2D eigenvalue weighted by Gasteiger charge is -2.25. The monoisotopic (exact) mass is 636 g/mol. The maximum absolute atomic E-state index is 3.82. The summed E-state index contributed by atoms with van der Waals surface area (Å²) in [6, 6.07) is 0. The molecule has 0 heterocycles. The highest BCUT2D eigenvalue weighted by atomic mass is 79.9. The molecule has 4 unspecified atom stereocenters. The number of halogens is 6. The molecule has 0 bridgehead atoms. The van der Waals surface area contributed by atoms with Crippen molar-refractivity contribution in [3.8, 4) is 0 Å². The van der Waals surface area contributed by atoms with Crippen LogP contribution >= 0.6 is 95.6 Å². The quantitative estimate of drug-likeness (QED) is 0.252. The molecule has 0 aromatic heterocycles. The largest absolute Gasteiger partial charge is 0.0879 e. The van der Waals surface area contributed by atoms with E-state index in [0.717, 1.165) is 0 Å². The van der Waals surface area contributed by atoms with Gasteiger partial charge in [0, 0.05) is 29.0 Å². The topological polar surface area (TPSA) is 0 Å². The van der Waals surface area contributed by atoms with Crippen molar-refractivity contribution in [3.63, 3.8) is 0 Å². The molecule has 108 valence electrons. The molecule has 0 saturated heterocycles. The highest BCUT2D eigenvalue weighted by molar-refractivity contribution is 9.13. The maximum atomic E-state index is 3.82. The van der Waals surface area contributed by atoms with E-state index in [2.05, 4.69) is 95.6 Å². The lowest BCUT2D eigenvalue weighted by molar-refractivity contribution is 0.557. The van der Waals surface area contributed by atoms with Crippen molar-refractivity contribution in [2.45, 2.75) is 67.5 Å². The van der Waals surface area contributed by atoms with Crippen LogP contribution in [0.4, 0.5) is 0 Å². The predicted molar refractivity (Wildman–Crippen MR) is 104 cm³/mol. The van der Waals surface area contributed by atoms with Gasteiger partial charge in [-0.2, -0.15) is 0 Å². The average Bonchev–Trinajstić information content (AvgIpc) is 2.36. The van der Waals surface area contributed by atoms with Gasteiger partial charge in [-0.1, -0.05) is 95.6 Å². The van der Waals surface area contributed by atoms with Crippen LogP contribution in [0.2, 0.25) is 0 Å². The van der Waals surface area contributed by atoms with Crippen LogP contribution in [0.1, 0.15) is 38.5 Å². The molecule has 0 aromatic carbocycles. The van der Waals surface area contributed by atoms with Gasteiger partial charge in [0.2, 0.25) is 0 Å². The summed E-state index contributed by atoms with van der Waals surface area (Å²) in [5, 5.41) is 0. The zero-order valence-corrected chi connectivity index (χ0v) is 19.5. The van der Waals surface area contributed by atoms with Gasteiger partial charge in [-0.05, 0) is 38.5 Å². The van der Waals surface area contributed by atoms with E-state index in [1.54, 1.807) is 0 Å². The molecule has 6 heteroatoms. The molecule has 0 spiro atoms. The fourth-order valence-corrected chi connectivity index (χ4v) is 5.21. The molecule has 0 nitrogen and oxygen atoms in total. The van der Waals surface area contributed by atoms with Crippen LogP contribution in [0.25, 0.3) is 0 Å². The van der Waals surface area contributed by atoms with Crippen LogP contribution in [0.15, 0.2) is 0 Å². The van der Waals surface area contributed by atoms with Crippen molar-refractivity contribution in [3.05, 3.63) is 0 Å². The third-order valence-electron chi connectivity index (χ3n) is 3.33. The van der Waals surface area contributed by atoms with Gasteiger partial charge in [0.15, 0.2) is 0 Å². The summed E-state index contributed by atoms with van der Waals surface area (Å²) < 4.78 is 0. The fourth-order valence-electron chi connectivity index (χ4n) is 2.04. The zero-order chi connectivity index (χ0) is 13.7. The van der Waals surface area contributed by atoms with Crippen molar-refractivity contribution in [2.75, 3.05) is 0 Å². The minimum atomic E-state index is 0.560. The Morgan fingerprint density at radius 1 is 0.333 bits per heavy atom. The van der Waals surface area contributed by atoms with Gasteiger partial charge in [0.25, 0.3) is 0 Å². The van der Waals surface area contributed by atoms with Gasteiger partial charge < -0.3 is 0 Å². The standard InChI is InChI=1S/C12H18Br6/c13-7-1-2-8(14)10(16)5-6-12(18)11(17)4-3-9(7)15/h7-12H,1-6H2/t7-,8?,9?,10+,11?,12?/m0/s1. The molecule has 1 saturated carbocycles. The summed E-state index contributed by atoms with van der Waals surface area (Å²) in [4.78, 5) is 3.36. The SMILES string of the molecule is BrC1CCC(Br)[C@@H](Br)CCC(Br)[C@H](Br)CCC1Br. The van der Waals surface area contributed by atoms with Crippen molar-refractivity contribution >= 4 is 95.6 Å². The Kier molecular flexibility index (Phi) is 10.3. The van der Waals surface area contributed by atoms with Crippen LogP contribution in [0.3, 0.4) is 0 Å². The Bertz CT molecular complexity index is 175. The van der Waals surface area contributed by atoms with Crippen LogP contribution < -0.4 is 0 Å². The smallest absolute Gasteiger partial charge is 0.0271 e. The van der Waals surface area contributed by atoms with Crippen LogP contribution in [-0.4, -0.2) is 29.0 Å². The summed E-state index contributed by atoms with van der Waals surface area (Å²) >= 11 is 22.9. The normalized spacial score (nSPS) is 45.0. The zero-order valence-electron chi connectivity index (χ0n) is 9.97. The summed E-state index contributed by atoms with van der Waals surface area (Å²) in [7, 11) is 0. The van der Waals surface area contributed by atoms with Crippen molar-refractivity contribution in [2.24, 2.45) is 0 Å². The van der Waals surface area contributed by atoms with Gasteiger partial charge in [-0.3, -0.25) is 0 Å². The molecule has 1 fully saturated rings. The predicted octanol–water partition coefficient (Wildman–Crippen LogP) is 6.92. The van der Waals surface area contributed by atoms with E-state index in [1.165, 1.54) is 38.5 Å². The first-order valence-electron chi connectivity index (χ1n) is 6.26. The van der Waals surface area contributed by atoms with Crippen molar-refractivity contribution in [1.29, 1.82) is 0 Å². The Morgan fingerprint density at radius 2 is 0.444 bits per heavy atom. The van der Waals surface area contributed by atoms with Crippen molar-refractivity contribution in [1.82, 2.24) is 0 Å². The fraction of sp³-hybridized carbons (Fsp3) is 1.00. The Balaban J connectivity index is 2.61. The summed E-state index contributed by atoms with van der Waals surface area (Å²) in [5.74, 6) is 0. The second-order valence-corrected chi connectivity index (χ2v) is 11.9. The van der Waals surface area contributed by atoms with Crippen LogP contribution in [0.5, 0.6) is 0 Å². The van der Waals surface area contributed by atoms with E-state index in [0.29, 0.717) is 29.0 Å². The van der Waals surface area contributed by atoms with E-state index in [9.17, 15) is 0 Å². The van der Waals surface area contributed by atoms with Crippen molar-refractivity contribution < 1.29 is 0 Å². The van der Waals surface area contributed by atoms with E-state index in [-0.39, 0.29) is 0 Å². The average molecular weight is 642 g/mol. The first-order chi connectivity index (χ1) is 8.41. The first-order valence-corrected chi connectivity index (χ1v) is 11.8. The van der Waals surface area contributed by atoms with Gasteiger partial charge in [0.1, 0.15) is 0 Å². The molecule has 0 aromatic rings. The molecule has 1 aliphatic carbocycles. The highest BCUT2D eigenvalue weighted by Gasteiger charge is 2.25. The van der Waals surface area contributed by atoms with E-state index in [4.69, 9.17) is 0 Å². The third-order valence-corrected chi connectivity index (χ3v) is 12.0. The van der Waals surface area contributed by atoms with Crippen LogP contribution in [0, 0.1) is 0 Å². The van der Waals surface area contributed by atoms with Gasteiger partial charge in [-0.15, -0.1) is 0 Å². The van der Waals surface area contributed by atoms with E-state index >= 15 is 0 Å². The molecule has 0 aliphatic heterocycles. The minimum absolute atomic E-state index is 0.560. The molecule has 1 rings (SSSR count). The maximum Gasteiger partial charge on any atom is 0.0271 e. The molecule has 18 heavy (non-hydrogen) atoms. The van der Waals surface area contributed by atoms with E-state index in [1.807, 2.05) is 0 Å². The van der Waals surface area contributed by atoms with Gasteiger partial charge >= 0.3 is 0 Å².